The highest BCUT2D eigenvalue weighted by molar-refractivity contribution is 7.92. The summed E-state index contributed by atoms with van der Waals surface area (Å²) in [7, 11) is -2.70. The average molecular weight is 647 g/mol. The Hall–Kier alpha value is -3.27. The molecular weight excluding hydrogens is 609 g/mol. The van der Waals surface area contributed by atoms with Crippen LogP contribution in [-0.4, -0.2) is 50.9 Å². The molecule has 0 spiro atoms. The van der Waals surface area contributed by atoms with E-state index in [4.69, 9.17) is 27.9 Å². The van der Waals surface area contributed by atoms with Crippen molar-refractivity contribution in [3.8, 4) is 5.75 Å². The second-order valence-corrected chi connectivity index (χ2v) is 13.2. The molecule has 0 bridgehead atoms. The van der Waals surface area contributed by atoms with Gasteiger partial charge in [0.05, 0.1) is 17.7 Å². The van der Waals surface area contributed by atoms with E-state index in [1.807, 2.05) is 6.92 Å². The summed E-state index contributed by atoms with van der Waals surface area (Å²) < 4.78 is 34.2. The molecule has 4 rings (SSSR count). The average Bonchev–Trinajstić information content (AvgIpc) is 3.02. The minimum atomic E-state index is -4.19. The van der Waals surface area contributed by atoms with E-state index < -0.39 is 28.5 Å². The Bertz CT molecular complexity index is 1480. The van der Waals surface area contributed by atoms with Gasteiger partial charge in [-0.3, -0.25) is 13.9 Å². The second kappa shape index (κ2) is 14.9. The van der Waals surface area contributed by atoms with Gasteiger partial charge in [0.2, 0.25) is 11.8 Å². The van der Waals surface area contributed by atoms with Gasteiger partial charge in [0.15, 0.2) is 0 Å². The van der Waals surface area contributed by atoms with Gasteiger partial charge in [-0.1, -0.05) is 73.7 Å². The summed E-state index contributed by atoms with van der Waals surface area (Å²) in [6.45, 7) is 1.20. The van der Waals surface area contributed by atoms with Crippen molar-refractivity contribution < 1.29 is 22.7 Å². The fraction of sp³-hybridized carbons (Fsp3) is 0.375. The first kappa shape index (κ1) is 32.6. The lowest BCUT2D eigenvalue weighted by Gasteiger charge is -2.34. The molecule has 2 amide bonds. The first-order valence-corrected chi connectivity index (χ1v) is 16.6. The number of carbonyl (C=O) groups excluding carboxylic acids is 2. The molecule has 230 valence electrons. The lowest BCUT2D eigenvalue weighted by Crippen LogP contribution is -2.54. The molecule has 1 atom stereocenters. The van der Waals surface area contributed by atoms with Crippen LogP contribution in [0.15, 0.2) is 77.7 Å². The Morgan fingerprint density at radius 3 is 2.14 bits per heavy atom. The molecule has 3 aromatic carbocycles. The molecule has 0 radical (unpaired) electrons. The van der Waals surface area contributed by atoms with Crippen molar-refractivity contribution in [2.45, 2.75) is 69.0 Å². The summed E-state index contributed by atoms with van der Waals surface area (Å²) >= 11 is 13.0. The number of para-hydroxylation sites is 1. The maximum absolute atomic E-state index is 14.3. The van der Waals surface area contributed by atoms with Gasteiger partial charge in [-0.05, 0) is 67.8 Å². The standard InChI is InChI=1S/C32H37Cl2N3O5S/c1-3-30(32(39)35-23-11-6-4-7-12-23)36(21-27-28(33)15-10-16-29(27)34)31(38)22-37(24-13-8-5-9-14-24)43(40,41)26-19-17-25(42-2)18-20-26/h5,8-10,13-20,23,30H,3-4,6-7,11-12,21-22H2,1-2H3,(H,35,39). The van der Waals surface area contributed by atoms with Crippen molar-refractivity contribution in [2.24, 2.45) is 0 Å². The van der Waals surface area contributed by atoms with Gasteiger partial charge in [-0.15, -0.1) is 0 Å². The van der Waals surface area contributed by atoms with Crippen molar-refractivity contribution in [1.29, 1.82) is 0 Å². The number of benzene rings is 3. The van der Waals surface area contributed by atoms with Crippen molar-refractivity contribution in [2.75, 3.05) is 18.0 Å². The van der Waals surface area contributed by atoms with E-state index in [0.717, 1.165) is 36.4 Å². The van der Waals surface area contributed by atoms with Crippen LogP contribution in [0.2, 0.25) is 10.0 Å². The van der Waals surface area contributed by atoms with Crippen LogP contribution in [0.25, 0.3) is 0 Å². The molecule has 0 saturated heterocycles. The number of carbonyl (C=O) groups is 2. The van der Waals surface area contributed by atoms with Crippen molar-refractivity contribution in [3.63, 3.8) is 0 Å². The number of rotatable bonds is 12. The van der Waals surface area contributed by atoms with E-state index >= 15 is 0 Å². The topological polar surface area (TPSA) is 96.0 Å². The Kier molecular flexibility index (Phi) is 11.3. The van der Waals surface area contributed by atoms with E-state index in [9.17, 15) is 18.0 Å². The lowest BCUT2D eigenvalue weighted by molar-refractivity contribution is -0.140. The zero-order chi connectivity index (χ0) is 31.0. The van der Waals surface area contributed by atoms with E-state index in [2.05, 4.69) is 5.32 Å². The van der Waals surface area contributed by atoms with Crippen LogP contribution in [0.3, 0.4) is 0 Å². The molecule has 1 unspecified atom stereocenters. The predicted molar refractivity (Wildman–Crippen MR) is 170 cm³/mol. The molecule has 0 heterocycles. The minimum absolute atomic E-state index is 0.00673. The highest BCUT2D eigenvalue weighted by atomic mass is 35.5. The minimum Gasteiger partial charge on any atom is -0.497 e. The van der Waals surface area contributed by atoms with Gasteiger partial charge >= 0.3 is 0 Å². The van der Waals surface area contributed by atoms with E-state index in [0.29, 0.717) is 33.5 Å². The van der Waals surface area contributed by atoms with Crippen LogP contribution >= 0.6 is 23.2 Å². The first-order valence-electron chi connectivity index (χ1n) is 14.4. The van der Waals surface area contributed by atoms with Gasteiger partial charge in [0.1, 0.15) is 18.3 Å². The molecule has 11 heteroatoms. The Balaban J connectivity index is 1.72. The third kappa shape index (κ3) is 8.02. The number of hydrogen-bond acceptors (Lipinski definition) is 5. The molecule has 1 aliphatic carbocycles. The largest absolute Gasteiger partial charge is 0.497 e. The van der Waals surface area contributed by atoms with Gasteiger partial charge in [-0.2, -0.15) is 0 Å². The predicted octanol–water partition coefficient (Wildman–Crippen LogP) is 6.45. The number of halogens is 2. The summed E-state index contributed by atoms with van der Waals surface area (Å²) in [6.07, 6.45) is 5.28. The maximum atomic E-state index is 14.3. The SMILES string of the molecule is CCC(C(=O)NC1CCCCC1)N(Cc1c(Cl)cccc1Cl)C(=O)CN(c1ccccc1)S(=O)(=O)c1ccc(OC)cc1. The van der Waals surface area contributed by atoms with E-state index in [-0.39, 0.29) is 23.4 Å². The number of hydrogen-bond donors (Lipinski definition) is 1. The molecule has 43 heavy (non-hydrogen) atoms. The number of sulfonamides is 1. The van der Waals surface area contributed by atoms with Gasteiger partial charge in [-0.25, -0.2) is 8.42 Å². The zero-order valence-corrected chi connectivity index (χ0v) is 26.7. The Morgan fingerprint density at radius 2 is 1.56 bits per heavy atom. The zero-order valence-electron chi connectivity index (χ0n) is 24.3. The lowest BCUT2D eigenvalue weighted by atomic mass is 9.95. The quantitative estimate of drug-likeness (QED) is 0.244. The Morgan fingerprint density at radius 1 is 0.930 bits per heavy atom. The Labute approximate surface area is 264 Å². The van der Waals surface area contributed by atoms with Crippen molar-refractivity contribution in [3.05, 3.63) is 88.4 Å². The molecule has 1 N–H and O–H groups in total. The maximum Gasteiger partial charge on any atom is 0.264 e. The van der Waals surface area contributed by atoms with Crippen LogP contribution in [0.4, 0.5) is 5.69 Å². The number of amides is 2. The third-order valence-electron chi connectivity index (χ3n) is 7.70. The highest BCUT2D eigenvalue weighted by Crippen LogP contribution is 2.29. The number of nitrogens with zero attached hydrogens (tertiary/aromatic N) is 2. The highest BCUT2D eigenvalue weighted by Gasteiger charge is 2.35. The molecule has 0 aliphatic heterocycles. The monoisotopic (exact) mass is 645 g/mol. The third-order valence-corrected chi connectivity index (χ3v) is 10.2. The fourth-order valence-corrected chi connectivity index (χ4v) is 7.25. The number of nitrogens with one attached hydrogen (secondary N) is 1. The molecule has 1 aliphatic rings. The summed E-state index contributed by atoms with van der Waals surface area (Å²) in [5, 5.41) is 3.82. The summed E-state index contributed by atoms with van der Waals surface area (Å²) in [6, 6.07) is 18.6. The molecule has 8 nitrogen and oxygen atoms in total. The molecular formula is C32H37Cl2N3O5S. The van der Waals surface area contributed by atoms with Gasteiger partial charge in [0.25, 0.3) is 10.0 Å². The summed E-state index contributed by atoms with van der Waals surface area (Å²) in [5.41, 5.74) is 0.787. The summed E-state index contributed by atoms with van der Waals surface area (Å²) in [5.74, 6) is -0.350. The molecule has 1 saturated carbocycles. The number of ether oxygens (including phenoxy) is 1. The van der Waals surface area contributed by atoms with Crippen LogP contribution in [0.5, 0.6) is 5.75 Å². The second-order valence-electron chi connectivity index (χ2n) is 10.5. The molecule has 1 fully saturated rings. The van der Waals surface area contributed by atoms with Crippen LogP contribution in [0.1, 0.15) is 51.0 Å². The van der Waals surface area contributed by atoms with Crippen LogP contribution < -0.4 is 14.4 Å². The van der Waals surface area contributed by atoms with Gasteiger partial charge < -0.3 is 15.0 Å². The van der Waals surface area contributed by atoms with Crippen LogP contribution in [0, 0.1) is 0 Å². The number of anilines is 1. The normalized spacial score (nSPS) is 14.5. The van der Waals surface area contributed by atoms with Crippen molar-refractivity contribution >= 4 is 50.7 Å². The summed E-state index contributed by atoms with van der Waals surface area (Å²) in [4.78, 5) is 29.3. The smallest absolute Gasteiger partial charge is 0.264 e. The molecule has 3 aromatic rings. The van der Waals surface area contributed by atoms with Crippen LogP contribution in [-0.2, 0) is 26.2 Å². The van der Waals surface area contributed by atoms with Gasteiger partial charge in [0, 0.05) is 28.2 Å². The number of methoxy groups -OCH3 is 1. The van der Waals surface area contributed by atoms with E-state index in [1.165, 1.54) is 24.1 Å². The van der Waals surface area contributed by atoms with E-state index in [1.54, 1.807) is 60.7 Å². The fourth-order valence-electron chi connectivity index (χ4n) is 5.32. The first-order chi connectivity index (χ1) is 20.6. The molecule has 0 aromatic heterocycles. The van der Waals surface area contributed by atoms with Crippen molar-refractivity contribution in [1.82, 2.24) is 10.2 Å².